The van der Waals surface area contributed by atoms with E-state index in [0.717, 1.165) is 0 Å². The molecule has 0 aromatic heterocycles. The van der Waals surface area contributed by atoms with E-state index in [1.807, 2.05) is 0 Å². The first-order valence-corrected chi connectivity index (χ1v) is 11.7. The zero-order valence-electron chi connectivity index (χ0n) is 11.1. The van der Waals surface area contributed by atoms with Crippen LogP contribution in [0.3, 0.4) is 0 Å². The zero-order valence-corrected chi connectivity index (χ0v) is 13.2. The monoisotopic (exact) mass is 335 g/mol. The van der Waals surface area contributed by atoms with E-state index in [1.54, 1.807) is 20.8 Å². The van der Waals surface area contributed by atoms with Gasteiger partial charge in [-0.05, 0) is 0 Å². The number of hydrogen-bond donors (Lipinski definition) is 0. The van der Waals surface area contributed by atoms with Crippen molar-refractivity contribution in [2.45, 2.75) is 36.5 Å². The number of benzene rings is 1. The molecule has 0 unspecified atom stereocenters. The van der Waals surface area contributed by atoms with E-state index in [4.69, 9.17) is 5.26 Å². The molecule has 1 nitrogen and oxygen atoms in total. The quantitative estimate of drug-likeness (QED) is 0.466. The molecule has 0 aliphatic heterocycles. The fourth-order valence-electron chi connectivity index (χ4n) is 2.48. The van der Waals surface area contributed by atoms with Crippen LogP contribution in [0.4, 0.5) is 17.6 Å². The third kappa shape index (κ3) is 2.38. The second kappa shape index (κ2) is 5.95. The molecule has 6 heteroatoms. The first kappa shape index (κ1) is 16.0. The molecule has 0 N–H and O–H groups in total. The van der Waals surface area contributed by atoms with Crippen molar-refractivity contribution in [1.82, 2.24) is 0 Å². The number of halogens is 4. The summed E-state index contributed by atoms with van der Waals surface area (Å²) in [5, 5.41) is 10.2. The Morgan fingerprint density at radius 2 is 1.21 bits per heavy atom. The fraction of sp³-hybridized carbons (Fsp3) is 0.462. The second-order valence-corrected chi connectivity index (χ2v) is 15.3. The average Bonchev–Trinajstić information content (AvgIpc) is 2.42. The van der Waals surface area contributed by atoms with E-state index in [0.29, 0.717) is 15.8 Å². The van der Waals surface area contributed by atoms with E-state index >= 15 is 0 Å². The zero-order chi connectivity index (χ0) is 14.8. The molecule has 0 saturated heterocycles. The summed E-state index contributed by atoms with van der Waals surface area (Å²) in [6.45, 7) is 5.37. The molecule has 0 aliphatic rings. The Kier molecular flexibility index (Phi) is 5.02. The van der Waals surface area contributed by atoms with Crippen LogP contribution in [-0.2, 0) is 0 Å². The molecule has 1 aromatic carbocycles. The summed E-state index contributed by atoms with van der Waals surface area (Å²) in [6.07, 6.45) is 0. The van der Waals surface area contributed by atoms with E-state index in [-0.39, 0.29) is 0 Å². The topological polar surface area (TPSA) is 23.8 Å². The SMILES string of the molecule is C[CH2][Ge]([CH2]C)([CH2]C)[c]1c(F)c(F)c(C#N)c(F)c1F. The maximum absolute atomic E-state index is 14.1. The van der Waals surface area contributed by atoms with Crippen molar-refractivity contribution in [3.63, 3.8) is 0 Å². The van der Waals surface area contributed by atoms with Crippen LogP contribution in [0, 0.1) is 34.6 Å². The van der Waals surface area contributed by atoms with E-state index in [2.05, 4.69) is 0 Å². The Morgan fingerprint density at radius 1 is 0.842 bits per heavy atom. The van der Waals surface area contributed by atoms with Crippen LogP contribution in [-0.4, -0.2) is 13.3 Å². The molecule has 0 radical (unpaired) electrons. The Bertz CT molecular complexity index is 495. The van der Waals surface area contributed by atoms with Crippen LogP contribution in [0.15, 0.2) is 0 Å². The van der Waals surface area contributed by atoms with Gasteiger partial charge in [0.25, 0.3) is 0 Å². The predicted molar refractivity (Wildman–Crippen MR) is 67.8 cm³/mol. The fourth-order valence-corrected chi connectivity index (χ4v) is 10.3. The van der Waals surface area contributed by atoms with Crippen molar-refractivity contribution in [3.8, 4) is 6.07 Å². The van der Waals surface area contributed by atoms with Gasteiger partial charge in [-0.2, -0.15) is 0 Å². The van der Waals surface area contributed by atoms with Gasteiger partial charge in [0, 0.05) is 0 Å². The molecule has 0 aliphatic carbocycles. The molecule has 104 valence electrons. The van der Waals surface area contributed by atoms with Crippen molar-refractivity contribution < 1.29 is 17.6 Å². The summed E-state index contributed by atoms with van der Waals surface area (Å²) < 4.78 is 55.1. The van der Waals surface area contributed by atoms with Gasteiger partial charge in [-0.1, -0.05) is 0 Å². The Balaban J connectivity index is 3.77. The number of rotatable bonds is 4. The van der Waals surface area contributed by atoms with Crippen molar-refractivity contribution in [1.29, 1.82) is 5.26 Å². The summed E-state index contributed by atoms with van der Waals surface area (Å²) in [7, 11) is 0. The van der Waals surface area contributed by atoms with Crippen LogP contribution in [0.5, 0.6) is 0 Å². The minimum atomic E-state index is -3.20. The molecule has 1 rings (SSSR count). The molecule has 0 fully saturated rings. The third-order valence-electron chi connectivity index (χ3n) is 3.94. The van der Waals surface area contributed by atoms with E-state index < -0.39 is 46.5 Å². The first-order valence-electron chi connectivity index (χ1n) is 6.16. The Hall–Kier alpha value is -1.03. The second-order valence-electron chi connectivity index (χ2n) is 4.46. The molecule has 0 heterocycles. The number of hydrogen-bond acceptors (Lipinski definition) is 1. The van der Waals surface area contributed by atoms with E-state index in [1.165, 1.54) is 6.07 Å². The van der Waals surface area contributed by atoms with Gasteiger partial charge >= 0.3 is 112 Å². The van der Waals surface area contributed by atoms with Gasteiger partial charge in [0.1, 0.15) is 0 Å². The molecule has 0 bridgehead atoms. The Labute approximate surface area is 112 Å². The van der Waals surface area contributed by atoms with Crippen molar-refractivity contribution >= 4 is 17.7 Å². The molecule has 19 heavy (non-hydrogen) atoms. The minimum absolute atomic E-state index is 0.401. The van der Waals surface area contributed by atoms with Crippen molar-refractivity contribution in [2.24, 2.45) is 0 Å². The van der Waals surface area contributed by atoms with Gasteiger partial charge in [-0.15, -0.1) is 0 Å². The molecule has 0 spiro atoms. The first-order chi connectivity index (χ1) is 8.90. The summed E-state index contributed by atoms with van der Waals surface area (Å²) >= 11 is -3.20. The van der Waals surface area contributed by atoms with Gasteiger partial charge in [0.05, 0.1) is 0 Å². The van der Waals surface area contributed by atoms with Crippen LogP contribution in [0.25, 0.3) is 0 Å². The average molecular weight is 334 g/mol. The predicted octanol–water partition coefficient (Wildman–Crippen LogP) is 3.83. The third-order valence-corrected chi connectivity index (χ3v) is 15.6. The Morgan fingerprint density at radius 3 is 1.47 bits per heavy atom. The van der Waals surface area contributed by atoms with Gasteiger partial charge in [0.2, 0.25) is 0 Å². The number of nitriles is 1. The van der Waals surface area contributed by atoms with Crippen LogP contribution < -0.4 is 4.40 Å². The van der Waals surface area contributed by atoms with Gasteiger partial charge in [-0.3, -0.25) is 0 Å². The molecule has 0 amide bonds. The molecule has 0 atom stereocenters. The summed E-state index contributed by atoms with van der Waals surface area (Å²) in [6, 6.07) is 1.17. The summed E-state index contributed by atoms with van der Waals surface area (Å²) in [4.78, 5) is 0. The standard InChI is InChI=1S/C13H15F4GeN/c1-4-18(5-2,6-3)13-11(16)9(14)8(7-19)10(15)12(13)17/h4-6H2,1-3H3. The summed E-state index contributed by atoms with van der Waals surface area (Å²) in [5.74, 6) is -5.88. The molecular weight excluding hydrogens is 319 g/mol. The normalized spacial score (nSPS) is 11.5. The van der Waals surface area contributed by atoms with Crippen LogP contribution in [0.1, 0.15) is 26.3 Å². The molecule has 1 aromatic rings. The van der Waals surface area contributed by atoms with Crippen molar-refractivity contribution in [3.05, 3.63) is 28.8 Å². The van der Waals surface area contributed by atoms with Crippen LogP contribution in [0.2, 0.25) is 15.8 Å². The van der Waals surface area contributed by atoms with E-state index in [9.17, 15) is 17.6 Å². The van der Waals surface area contributed by atoms with Gasteiger partial charge in [0.15, 0.2) is 0 Å². The van der Waals surface area contributed by atoms with Crippen molar-refractivity contribution in [2.75, 3.05) is 0 Å². The van der Waals surface area contributed by atoms with Crippen LogP contribution >= 0.6 is 0 Å². The summed E-state index contributed by atoms with van der Waals surface area (Å²) in [5.41, 5.74) is -1.18. The van der Waals surface area contributed by atoms with Gasteiger partial charge < -0.3 is 0 Å². The molecular formula is C13H15F4GeN. The maximum atomic E-state index is 14.1. The number of nitrogens with zero attached hydrogens (tertiary/aromatic N) is 1. The van der Waals surface area contributed by atoms with Gasteiger partial charge in [-0.25, -0.2) is 0 Å². The molecule has 0 saturated carbocycles.